The van der Waals surface area contributed by atoms with Crippen molar-refractivity contribution in [1.29, 1.82) is 0 Å². The zero-order valence-electron chi connectivity index (χ0n) is 22.0. The Morgan fingerprint density at radius 2 is 1.75 bits per heavy atom. The number of hydrogen-bond acceptors (Lipinski definition) is 7. The highest BCUT2D eigenvalue weighted by Crippen LogP contribution is 2.36. The van der Waals surface area contributed by atoms with Gasteiger partial charge in [-0.3, -0.25) is 4.84 Å². The molecule has 1 N–H and O–H groups in total. The van der Waals surface area contributed by atoms with Crippen molar-refractivity contribution in [2.75, 3.05) is 43.2 Å². The van der Waals surface area contributed by atoms with E-state index in [-0.39, 0.29) is 18.4 Å². The van der Waals surface area contributed by atoms with Crippen molar-refractivity contribution in [2.45, 2.75) is 47.1 Å². The zero-order valence-corrected chi connectivity index (χ0v) is 22.8. The van der Waals surface area contributed by atoms with Gasteiger partial charge in [0, 0.05) is 30.4 Å². The van der Waals surface area contributed by atoms with Gasteiger partial charge in [0.05, 0.1) is 12.6 Å². The lowest BCUT2D eigenvalue weighted by Gasteiger charge is -2.25. The Morgan fingerprint density at radius 1 is 1.06 bits per heavy atom. The van der Waals surface area contributed by atoms with Gasteiger partial charge in [0.2, 0.25) is 5.95 Å². The van der Waals surface area contributed by atoms with Crippen LogP contribution in [0.3, 0.4) is 0 Å². The van der Waals surface area contributed by atoms with E-state index in [1.807, 2.05) is 24.3 Å². The van der Waals surface area contributed by atoms with Crippen LogP contribution in [0.2, 0.25) is 0 Å². The van der Waals surface area contributed by atoms with E-state index in [9.17, 15) is 0 Å². The number of hydroxylamine groups is 1. The van der Waals surface area contributed by atoms with Gasteiger partial charge >= 0.3 is 0 Å². The van der Waals surface area contributed by atoms with Crippen LogP contribution in [0.15, 0.2) is 48.7 Å². The van der Waals surface area contributed by atoms with Crippen molar-refractivity contribution in [1.82, 2.24) is 14.9 Å². The highest BCUT2D eigenvalue weighted by molar-refractivity contribution is 5.85. The summed E-state index contributed by atoms with van der Waals surface area (Å²) >= 11 is 0. The average Bonchev–Trinajstić information content (AvgIpc) is 3.35. The fourth-order valence-corrected chi connectivity index (χ4v) is 4.57. The first-order chi connectivity index (χ1) is 17.0. The number of nitrogens with zero attached hydrogens (tertiary/aromatic N) is 4. The van der Waals surface area contributed by atoms with Crippen molar-refractivity contribution in [3.05, 3.63) is 70.9 Å². The van der Waals surface area contributed by atoms with Gasteiger partial charge in [0.25, 0.3) is 0 Å². The van der Waals surface area contributed by atoms with Gasteiger partial charge in [0.15, 0.2) is 5.82 Å². The van der Waals surface area contributed by atoms with E-state index in [1.54, 1.807) is 0 Å². The number of anilines is 3. The van der Waals surface area contributed by atoms with E-state index >= 15 is 0 Å². The van der Waals surface area contributed by atoms with Crippen LogP contribution in [0.4, 0.5) is 17.5 Å². The fraction of sp³-hybridized carbons (Fsp3) is 0.429. The summed E-state index contributed by atoms with van der Waals surface area (Å²) in [5.74, 6) is 2.28. The molecule has 194 valence electrons. The molecule has 7 nitrogen and oxygen atoms in total. The third-order valence-electron chi connectivity index (χ3n) is 6.51. The molecular formula is C28H38ClN5O2. The summed E-state index contributed by atoms with van der Waals surface area (Å²) in [4.78, 5) is 17.7. The molecule has 0 spiro atoms. The van der Waals surface area contributed by atoms with E-state index in [0.717, 1.165) is 60.0 Å². The van der Waals surface area contributed by atoms with Crippen molar-refractivity contribution >= 4 is 29.9 Å². The topological polar surface area (TPSA) is 62.8 Å². The molecule has 1 fully saturated rings. The van der Waals surface area contributed by atoms with Crippen LogP contribution in [0.1, 0.15) is 48.6 Å². The Labute approximate surface area is 221 Å². The first-order valence-electron chi connectivity index (χ1n) is 12.5. The van der Waals surface area contributed by atoms with Crippen LogP contribution >= 0.6 is 12.4 Å². The molecule has 0 amide bonds. The molecule has 36 heavy (non-hydrogen) atoms. The highest BCUT2D eigenvalue weighted by atomic mass is 35.5. The lowest BCUT2D eigenvalue weighted by atomic mass is 10.0. The molecule has 0 unspecified atom stereocenters. The van der Waals surface area contributed by atoms with E-state index < -0.39 is 0 Å². The lowest BCUT2D eigenvalue weighted by Crippen LogP contribution is -2.28. The van der Waals surface area contributed by atoms with Gasteiger partial charge in [-0.25, -0.2) is 10.0 Å². The number of rotatable bonds is 10. The molecule has 1 aromatic heterocycles. The predicted molar refractivity (Wildman–Crippen MR) is 149 cm³/mol. The maximum absolute atomic E-state index is 6.14. The fourth-order valence-electron chi connectivity index (χ4n) is 4.57. The molecule has 8 heteroatoms. The summed E-state index contributed by atoms with van der Waals surface area (Å²) in [6.07, 6.45) is 2.77. The minimum absolute atomic E-state index is 0. The minimum atomic E-state index is 0. The maximum Gasteiger partial charge on any atom is 0.229 e. The van der Waals surface area contributed by atoms with Crippen LogP contribution < -0.4 is 15.1 Å². The smallest absolute Gasteiger partial charge is 0.229 e. The van der Waals surface area contributed by atoms with Crippen molar-refractivity contribution < 1.29 is 9.57 Å². The summed E-state index contributed by atoms with van der Waals surface area (Å²) in [5.41, 5.74) is 5.31. The second-order valence-electron chi connectivity index (χ2n) is 9.01. The number of likely N-dealkylation sites (N-methyl/N-ethyl adjacent to an activating group) is 1. The first kappa shape index (κ1) is 27.7. The largest absolute Gasteiger partial charge is 0.492 e. The molecule has 0 radical (unpaired) electrons. The van der Waals surface area contributed by atoms with Gasteiger partial charge in [-0.15, -0.1) is 12.4 Å². The number of benzene rings is 2. The van der Waals surface area contributed by atoms with Crippen LogP contribution in [-0.4, -0.2) is 47.7 Å². The number of aromatic nitrogens is 2. The van der Waals surface area contributed by atoms with Crippen LogP contribution in [-0.2, 0) is 4.84 Å². The normalized spacial score (nSPS) is 15.2. The number of nitrogens with one attached hydrogen (secondary N) is 1. The Morgan fingerprint density at radius 3 is 2.42 bits per heavy atom. The summed E-state index contributed by atoms with van der Waals surface area (Å²) in [5, 5.41) is 5.31. The lowest BCUT2D eigenvalue weighted by molar-refractivity contribution is 0.156. The van der Waals surface area contributed by atoms with Crippen molar-refractivity contribution in [3.8, 4) is 5.75 Å². The van der Waals surface area contributed by atoms with E-state index in [1.165, 1.54) is 5.56 Å². The quantitative estimate of drug-likeness (QED) is 0.349. The molecule has 3 aromatic rings. The third kappa shape index (κ3) is 6.46. The Balaban J connectivity index is 0.00000361. The second-order valence-corrected chi connectivity index (χ2v) is 9.01. The number of halogens is 1. The molecule has 4 rings (SSSR count). The monoisotopic (exact) mass is 511 g/mol. The Kier molecular flexibility index (Phi) is 9.93. The summed E-state index contributed by atoms with van der Waals surface area (Å²) in [7, 11) is 0. The van der Waals surface area contributed by atoms with Crippen LogP contribution in [0, 0.1) is 20.8 Å². The number of ether oxygens (including phenoxy) is 1. The first-order valence-corrected chi connectivity index (χ1v) is 12.5. The van der Waals surface area contributed by atoms with Gasteiger partial charge < -0.3 is 15.0 Å². The molecule has 0 aliphatic carbocycles. The molecule has 2 aromatic carbocycles. The minimum Gasteiger partial charge on any atom is -0.492 e. The standard InChI is InChI=1S/C28H37N5O2.ClH/c1-6-32(7-2)14-16-34-26-20(3)17-24(18-21(26)4)30-28-29-19-22(5)27(31-28)33-25(13-15-35-33)23-11-9-8-10-12-23;/h8-12,17-19,25H,6-7,13-16H2,1-5H3,(H,29,30,31);1H/t25-;/m0./s1. The Bertz CT molecular complexity index is 1100. The SMILES string of the molecule is CCN(CC)CCOc1c(C)cc(Nc2ncc(C)c(N3OCC[C@H]3c3ccccc3)n2)cc1C.Cl. The van der Waals surface area contributed by atoms with E-state index in [0.29, 0.717) is 19.2 Å². The number of aryl methyl sites for hydroxylation is 3. The van der Waals surface area contributed by atoms with Gasteiger partial charge in [-0.05, 0) is 62.7 Å². The molecule has 0 bridgehead atoms. The molecule has 2 heterocycles. The summed E-state index contributed by atoms with van der Waals surface area (Å²) in [6, 6.07) is 14.7. The predicted octanol–water partition coefficient (Wildman–Crippen LogP) is 6.17. The van der Waals surface area contributed by atoms with Crippen LogP contribution in [0.5, 0.6) is 5.75 Å². The Hall–Kier alpha value is -2.87. The third-order valence-corrected chi connectivity index (χ3v) is 6.51. The van der Waals surface area contributed by atoms with Crippen LogP contribution in [0.25, 0.3) is 0 Å². The molecule has 0 saturated carbocycles. The molecule has 1 atom stereocenters. The zero-order chi connectivity index (χ0) is 24.8. The van der Waals surface area contributed by atoms with E-state index in [2.05, 4.69) is 79.3 Å². The highest BCUT2D eigenvalue weighted by Gasteiger charge is 2.30. The molecular weight excluding hydrogens is 474 g/mol. The van der Waals surface area contributed by atoms with Gasteiger partial charge in [-0.1, -0.05) is 44.2 Å². The van der Waals surface area contributed by atoms with Gasteiger partial charge in [0.1, 0.15) is 12.4 Å². The van der Waals surface area contributed by atoms with Crippen molar-refractivity contribution in [3.63, 3.8) is 0 Å². The number of hydrogen-bond donors (Lipinski definition) is 1. The maximum atomic E-state index is 6.14. The van der Waals surface area contributed by atoms with Gasteiger partial charge in [-0.2, -0.15) is 4.98 Å². The molecule has 1 aliphatic heterocycles. The molecule has 1 aliphatic rings. The van der Waals surface area contributed by atoms with Crippen molar-refractivity contribution in [2.24, 2.45) is 0 Å². The summed E-state index contributed by atoms with van der Waals surface area (Å²) < 4.78 is 6.14. The second kappa shape index (κ2) is 12.9. The molecule has 1 saturated heterocycles. The summed E-state index contributed by atoms with van der Waals surface area (Å²) in [6.45, 7) is 14.9. The average molecular weight is 512 g/mol. The van der Waals surface area contributed by atoms with E-state index in [4.69, 9.17) is 14.6 Å².